The zero-order valence-corrected chi connectivity index (χ0v) is 9.62. The van der Waals surface area contributed by atoms with Crippen LogP contribution in [0, 0.1) is 0 Å². The van der Waals surface area contributed by atoms with Crippen LogP contribution in [-0.2, 0) is 10.5 Å². The molecule has 0 unspecified atom stereocenters. The number of carboxylic acids is 1. The van der Waals surface area contributed by atoms with E-state index in [0.29, 0.717) is 16.4 Å². The first-order chi connectivity index (χ1) is 7.66. The molecule has 2 rings (SSSR count). The van der Waals surface area contributed by atoms with Crippen LogP contribution in [0.15, 0.2) is 16.4 Å². The average molecular weight is 257 g/mol. The Labute approximate surface area is 97.9 Å². The molecule has 6 nitrogen and oxygen atoms in total. The molecule has 0 saturated heterocycles. The Hall–Kier alpha value is -1.41. The van der Waals surface area contributed by atoms with E-state index in [-0.39, 0.29) is 11.3 Å². The second-order valence-electron chi connectivity index (χ2n) is 2.91. The number of hydrogen-bond donors (Lipinski definition) is 1. The number of fused-ring (bicyclic) bond motifs is 1. The Morgan fingerprint density at radius 2 is 2.44 bits per heavy atom. The Kier molecular flexibility index (Phi) is 3.20. The van der Waals surface area contributed by atoms with Gasteiger partial charge in [0, 0.05) is 11.8 Å². The molecule has 2 aromatic rings. The van der Waals surface area contributed by atoms with Crippen LogP contribution in [0.5, 0.6) is 0 Å². The van der Waals surface area contributed by atoms with Crippen LogP contribution in [0.4, 0.5) is 0 Å². The van der Waals surface area contributed by atoms with Crippen molar-refractivity contribution in [3.05, 3.63) is 27.6 Å². The molecule has 0 aromatic carbocycles. The van der Waals surface area contributed by atoms with Gasteiger partial charge in [-0.25, -0.2) is 4.98 Å². The summed E-state index contributed by atoms with van der Waals surface area (Å²) in [4.78, 5) is 26.5. The third kappa shape index (κ3) is 2.39. The second kappa shape index (κ2) is 4.62. The van der Waals surface area contributed by atoms with Gasteiger partial charge in [0.2, 0.25) is 4.96 Å². The van der Waals surface area contributed by atoms with Crippen LogP contribution >= 0.6 is 23.1 Å². The molecule has 16 heavy (non-hydrogen) atoms. The molecule has 2 aromatic heterocycles. The largest absolute Gasteiger partial charge is 0.481 e. The predicted molar refractivity (Wildman–Crippen MR) is 60.9 cm³/mol. The van der Waals surface area contributed by atoms with Gasteiger partial charge in [-0.3, -0.25) is 9.59 Å². The van der Waals surface area contributed by atoms with E-state index in [1.807, 2.05) is 0 Å². The Bertz CT molecular complexity index is 577. The van der Waals surface area contributed by atoms with E-state index in [1.54, 1.807) is 0 Å². The Balaban J connectivity index is 2.18. The van der Waals surface area contributed by atoms with Gasteiger partial charge in [-0.2, -0.15) is 9.61 Å². The number of thioether (sulfide) groups is 1. The third-order valence-electron chi connectivity index (χ3n) is 1.72. The van der Waals surface area contributed by atoms with Crippen molar-refractivity contribution in [2.24, 2.45) is 0 Å². The van der Waals surface area contributed by atoms with Crippen LogP contribution in [0.3, 0.4) is 0 Å². The van der Waals surface area contributed by atoms with Crippen molar-refractivity contribution in [3.8, 4) is 0 Å². The van der Waals surface area contributed by atoms with Gasteiger partial charge >= 0.3 is 5.97 Å². The average Bonchev–Trinajstić information content (AvgIpc) is 2.65. The number of carbonyl (C=O) groups is 1. The Morgan fingerprint density at radius 3 is 3.19 bits per heavy atom. The maximum absolute atomic E-state index is 11.5. The van der Waals surface area contributed by atoms with E-state index in [4.69, 9.17) is 5.11 Å². The fourth-order valence-corrected chi connectivity index (χ4v) is 2.39. The summed E-state index contributed by atoms with van der Waals surface area (Å²) in [5.41, 5.74) is 1.88. The normalized spacial score (nSPS) is 10.8. The van der Waals surface area contributed by atoms with E-state index in [1.165, 1.54) is 39.2 Å². The summed E-state index contributed by atoms with van der Waals surface area (Å²) >= 11 is 2.48. The molecule has 84 valence electrons. The lowest BCUT2D eigenvalue weighted by molar-refractivity contribution is -0.133. The SMILES string of the molecule is O=C(O)CSCc1cc(=O)n2ncsc2n1. The van der Waals surface area contributed by atoms with Gasteiger partial charge < -0.3 is 5.11 Å². The van der Waals surface area contributed by atoms with Gasteiger partial charge in [0.25, 0.3) is 5.56 Å². The number of carboxylic acid groups (broad SMARTS) is 1. The van der Waals surface area contributed by atoms with E-state index in [9.17, 15) is 9.59 Å². The number of nitrogens with zero attached hydrogens (tertiary/aromatic N) is 3. The van der Waals surface area contributed by atoms with Crippen LogP contribution in [-0.4, -0.2) is 31.4 Å². The topological polar surface area (TPSA) is 84.6 Å². The summed E-state index contributed by atoms with van der Waals surface area (Å²) in [6, 6.07) is 1.38. The van der Waals surface area contributed by atoms with Gasteiger partial charge in [0.1, 0.15) is 5.51 Å². The fourth-order valence-electron chi connectivity index (χ4n) is 1.12. The lowest BCUT2D eigenvalue weighted by Gasteiger charge is -1.98. The highest BCUT2D eigenvalue weighted by molar-refractivity contribution is 7.99. The molecule has 0 atom stereocenters. The molecule has 0 radical (unpaired) electrons. The minimum absolute atomic E-state index is 0.00371. The summed E-state index contributed by atoms with van der Waals surface area (Å²) in [6.07, 6.45) is 0. The smallest absolute Gasteiger partial charge is 0.313 e. The number of aromatic nitrogens is 3. The van der Waals surface area contributed by atoms with Crippen LogP contribution < -0.4 is 5.56 Å². The first-order valence-electron chi connectivity index (χ1n) is 4.29. The standard InChI is InChI=1S/C8H7N3O3S2/c12-6-1-5(2-15-3-7(13)14)10-8-11(6)9-4-16-8/h1,4H,2-3H2,(H,13,14). The quantitative estimate of drug-likeness (QED) is 0.857. The number of rotatable bonds is 4. The zero-order valence-electron chi connectivity index (χ0n) is 7.99. The van der Waals surface area contributed by atoms with E-state index in [2.05, 4.69) is 10.1 Å². The summed E-state index contributed by atoms with van der Waals surface area (Å²) in [6.45, 7) is 0. The molecule has 0 fully saturated rings. The van der Waals surface area contributed by atoms with Crippen molar-refractivity contribution in [3.63, 3.8) is 0 Å². The minimum Gasteiger partial charge on any atom is -0.481 e. The van der Waals surface area contributed by atoms with E-state index in [0.717, 1.165) is 0 Å². The van der Waals surface area contributed by atoms with Gasteiger partial charge in [-0.1, -0.05) is 11.3 Å². The van der Waals surface area contributed by atoms with Crippen molar-refractivity contribution in [1.82, 2.24) is 14.6 Å². The summed E-state index contributed by atoms with van der Waals surface area (Å²) < 4.78 is 1.22. The van der Waals surface area contributed by atoms with Gasteiger partial charge in [-0.05, 0) is 0 Å². The molecule has 0 saturated carbocycles. The van der Waals surface area contributed by atoms with Gasteiger partial charge in [-0.15, -0.1) is 11.8 Å². The zero-order chi connectivity index (χ0) is 11.5. The predicted octanol–water partition coefficient (Wildman–Crippen LogP) is 0.469. The highest BCUT2D eigenvalue weighted by Crippen LogP contribution is 2.10. The van der Waals surface area contributed by atoms with Crippen molar-refractivity contribution >= 4 is 34.0 Å². The molecule has 8 heteroatoms. The molecule has 0 aliphatic heterocycles. The van der Waals surface area contributed by atoms with Crippen molar-refractivity contribution < 1.29 is 9.90 Å². The number of aliphatic carboxylic acids is 1. The van der Waals surface area contributed by atoms with E-state index >= 15 is 0 Å². The number of hydrogen-bond acceptors (Lipinski definition) is 6. The summed E-state index contributed by atoms with van der Waals surface area (Å²) in [5.74, 6) is -0.458. The highest BCUT2D eigenvalue weighted by atomic mass is 32.2. The van der Waals surface area contributed by atoms with E-state index < -0.39 is 5.97 Å². The molecule has 0 aliphatic rings. The van der Waals surface area contributed by atoms with Crippen molar-refractivity contribution in [2.75, 3.05) is 5.75 Å². The molecule has 0 bridgehead atoms. The van der Waals surface area contributed by atoms with Gasteiger partial charge in [0.15, 0.2) is 0 Å². The maximum Gasteiger partial charge on any atom is 0.313 e. The fraction of sp³-hybridized carbons (Fsp3) is 0.250. The van der Waals surface area contributed by atoms with Crippen molar-refractivity contribution in [2.45, 2.75) is 5.75 Å². The molecule has 1 N–H and O–H groups in total. The van der Waals surface area contributed by atoms with Crippen LogP contribution in [0.1, 0.15) is 5.69 Å². The lowest BCUT2D eigenvalue weighted by Crippen LogP contribution is -2.15. The molecule has 0 aliphatic carbocycles. The highest BCUT2D eigenvalue weighted by Gasteiger charge is 2.05. The summed E-state index contributed by atoms with van der Waals surface area (Å²) in [5, 5.41) is 12.3. The molecular formula is C8H7N3O3S2. The lowest BCUT2D eigenvalue weighted by atomic mass is 10.4. The maximum atomic E-state index is 11.5. The first kappa shape index (κ1) is 11.1. The van der Waals surface area contributed by atoms with Crippen LogP contribution in [0.25, 0.3) is 4.96 Å². The third-order valence-corrected chi connectivity index (χ3v) is 3.34. The first-order valence-corrected chi connectivity index (χ1v) is 6.32. The summed E-state index contributed by atoms with van der Waals surface area (Å²) in [7, 11) is 0. The molecule has 0 amide bonds. The van der Waals surface area contributed by atoms with Crippen LogP contribution in [0.2, 0.25) is 0 Å². The van der Waals surface area contributed by atoms with Gasteiger partial charge in [0.05, 0.1) is 11.4 Å². The second-order valence-corrected chi connectivity index (χ2v) is 4.70. The minimum atomic E-state index is -0.874. The molecular weight excluding hydrogens is 250 g/mol. The van der Waals surface area contributed by atoms with Crippen molar-refractivity contribution in [1.29, 1.82) is 0 Å². The molecule has 0 spiro atoms. The monoisotopic (exact) mass is 257 g/mol. The Morgan fingerprint density at radius 1 is 1.62 bits per heavy atom. The molecule has 2 heterocycles.